The Kier molecular flexibility index (Phi) is 6.14. The Morgan fingerprint density at radius 1 is 1.26 bits per heavy atom. The predicted molar refractivity (Wildman–Crippen MR) is 64.4 cm³/mol. The highest BCUT2D eigenvalue weighted by atomic mass is 19.2. The number of urea groups is 1. The van der Waals surface area contributed by atoms with E-state index in [4.69, 9.17) is 4.74 Å². The first-order valence-electron chi connectivity index (χ1n) is 5.82. The Hall–Kier alpha value is -1.76. The van der Waals surface area contributed by atoms with E-state index >= 15 is 0 Å². The first-order valence-corrected chi connectivity index (χ1v) is 5.82. The molecule has 0 aliphatic heterocycles. The Balaban J connectivity index is 2.42. The SMILES string of the molecule is CCOCCCNC(=O)Nc1ccc(F)c(F)c1F. The van der Waals surface area contributed by atoms with Gasteiger partial charge in [-0.15, -0.1) is 0 Å². The normalized spacial score (nSPS) is 10.3. The second-order valence-electron chi connectivity index (χ2n) is 3.65. The molecule has 0 heterocycles. The second kappa shape index (κ2) is 7.63. The van der Waals surface area contributed by atoms with Gasteiger partial charge in [-0.05, 0) is 25.5 Å². The fraction of sp³-hybridized carbons (Fsp3) is 0.417. The van der Waals surface area contributed by atoms with Gasteiger partial charge in [0.2, 0.25) is 0 Å². The van der Waals surface area contributed by atoms with Crippen molar-refractivity contribution in [3.05, 3.63) is 29.6 Å². The number of hydrogen-bond acceptors (Lipinski definition) is 2. The average molecular weight is 276 g/mol. The lowest BCUT2D eigenvalue weighted by Crippen LogP contribution is -2.30. The summed E-state index contributed by atoms with van der Waals surface area (Å²) in [5, 5.41) is 4.54. The first kappa shape index (κ1) is 15.3. The average Bonchev–Trinajstić information content (AvgIpc) is 2.39. The van der Waals surface area contributed by atoms with Gasteiger partial charge in [0.25, 0.3) is 0 Å². The van der Waals surface area contributed by atoms with E-state index in [0.717, 1.165) is 12.1 Å². The van der Waals surface area contributed by atoms with Gasteiger partial charge in [0.1, 0.15) is 0 Å². The maximum Gasteiger partial charge on any atom is 0.319 e. The number of anilines is 1. The molecule has 0 saturated carbocycles. The van der Waals surface area contributed by atoms with Crippen molar-refractivity contribution in [3.8, 4) is 0 Å². The molecule has 0 spiro atoms. The number of rotatable bonds is 6. The van der Waals surface area contributed by atoms with Crippen LogP contribution in [-0.2, 0) is 4.74 Å². The molecule has 2 amide bonds. The lowest BCUT2D eigenvalue weighted by atomic mass is 10.3. The molecule has 7 heteroatoms. The summed E-state index contributed by atoms with van der Waals surface area (Å²) in [6.07, 6.45) is 0.599. The van der Waals surface area contributed by atoms with E-state index in [1.807, 2.05) is 6.92 Å². The molecule has 0 radical (unpaired) electrons. The monoisotopic (exact) mass is 276 g/mol. The van der Waals surface area contributed by atoms with Gasteiger partial charge in [-0.3, -0.25) is 0 Å². The number of hydrogen-bond donors (Lipinski definition) is 2. The highest BCUT2D eigenvalue weighted by Gasteiger charge is 2.14. The number of nitrogens with one attached hydrogen (secondary N) is 2. The summed E-state index contributed by atoms with van der Waals surface area (Å²) in [7, 11) is 0. The Bertz CT molecular complexity index is 441. The van der Waals surface area contributed by atoms with Crippen LogP contribution in [0.1, 0.15) is 13.3 Å². The third kappa shape index (κ3) is 4.78. The molecule has 1 aromatic carbocycles. The van der Waals surface area contributed by atoms with Gasteiger partial charge in [0.15, 0.2) is 17.5 Å². The third-order valence-corrected chi connectivity index (χ3v) is 2.24. The van der Waals surface area contributed by atoms with Gasteiger partial charge < -0.3 is 15.4 Å². The molecule has 0 saturated heterocycles. The summed E-state index contributed by atoms with van der Waals surface area (Å²) in [4.78, 5) is 11.3. The zero-order chi connectivity index (χ0) is 14.3. The van der Waals surface area contributed by atoms with Gasteiger partial charge in [-0.1, -0.05) is 0 Å². The molecule has 0 fully saturated rings. The molecule has 0 bridgehead atoms. The Labute approximate surface area is 108 Å². The van der Waals surface area contributed by atoms with Gasteiger partial charge in [-0.25, -0.2) is 18.0 Å². The van der Waals surface area contributed by atoms with E-state index < -0.39 is 29.2 Å². The van der Waals surface area contributed by atoms with Crippen molar-refractivity contribution in [2.24, 2.45) is 0 Å². The highest BCUT2D eigenvalue weighted by Crippen LogP contribution is 2.19. The number of benzene rings is 1. The van der Waals surface area contributed by atoms with Crippen LogP contribution < -0.4 is 10.6 Å². The number of halogens is 3. The molecule has 106 valence electrons. The van der Waals surface area contributed by atoms with Crippen molar-refractivity contribution in [1.29, 1.82) is 0 Å². The highest BCUT2D eigenvalue weighted by molar-refractivity contribution is 5.89. The second-order valence-corrected chi connectivity index (χ2v) is 3.65. The van der Waals surface area contributed by atoms with Crippen LogP contribution in [0.3, 0.4) is 0 Å². The smallest absolute Gasteiger partial charge is 0.319 e. The van der Waals surface area contributed by atoms with Crippen LogP contribution in [0.15, 0.2) is 12.1 Å². The molecule has 0 unspecified atom stereocenters. The zero-order valence-corrected chi connectivity index (χ0v) is 10.4. The molecule has 0 atom stereocenters. The van der Waals surface area contributed by atoms with Gasteiger partial charge in [0, 0.05) is 19.8 Å². The van der Waals surface area contributed by atoms with Crippen LogP contribution in [-0.4, -0.2) is 25.8 Å². The van der Waals surface area contributed by atoms with Gasteiger partial charge in [-0.2, -0.15) is 0 Å². The van der Waals surface area contributed by atoms with Gasteiger partial charge in [0.05, 0.1) is 5.69 Å². The van der Waals surface area contributed by atoms with Crippen molar-refractivity contribution in [2.75, 3.05) is 25.1 Å². The summed E-state index contributed by atoms with van der Waals surface area (Å²) in [5.41, 5.74) is -0.416. The molecule has 19 heavy (non-hydrogen) atoms. The summed E-state index contributed by atoms with van der Waals surface area (Å²) in [6.45, 7) is 3.27. The van der Waals surface area contributed by atoms with E-state index in [1.165, 1.54) is 0 Å². The topological polar surface area (TPSA) is 50.4 Å². The van der Waals surface area contributed by atoms with Crippen molar-refractivity contribution in [1.82, 2.24) is 5.32 Å². The molecular formula is C12H15F3N2O2. The minimum atomic E-state index is -1.62. The predicted octanol–water partition coefficient (Wildman–Crippen LogP) is 2.65. The summed E-state index contributed by atoms with van der Waals surface area (Å²) in [6, 6.07) is 0.998. The molecule has 1 aromatic rings. The Morgan fingerprint density at radius 3 is 2.68 bits per heavy atom. The number of carbonyl (C=O) groups is 1. The molecule has 1 rings (SSSR count). The van der Waals surface area contributed by atoms with E-state index in [2.05, 4.69) is 10.6 Å². The van der Waals surface area contributed by atoms with E-state index in [-0.39, 0.29) is 0 Å². The van der Waals surface area contributed by atoms with Crippen molar-refractivity contribution in [2.45, 2.75) is 13.3 Å². The molecule has 2 N–H and O–H groups in total. The maximum absolute atomic E-state index is 13.2. The van der Waals surface area contributed by atoms with Crippen LogP contribution in [0.2, 0.25) is 0 Å². The minimum absolute atomic E-state index is 0.330. The fourth-order valence-electron chi connectivity index (χ4n) is 1.31. The molecule has 4 nitrogen and oxygen atoms in total. The third-order valence-electron chi connectivity index (χ3n) is 2.24. The van der Waals surface area contributed by atoms with Crippen LogP contribution in [0.5, 0.6) is 0 Å². The largest absolute Gasteiger partial charge is 0.382 e. The molecule has 0 aromatic heterocycles. The molecule has 0 aliphatic carbocycles. The summed E-state index contributed by atoms with van der Waals surface area (Å²) in [5.74, 6) is -4.35. The maximum atomic E-state index is 13.2. The summed E-state index contributed by atoms with van der Waals surface area (Å²) < 4.78 is 43.8. The van der Waals surface area contributed by atoms with Crippen LogP contribution in [0.4, 0.5) is 23.7 Å². The van der Waals surface area contributed by atoms with Crippen LogP contribution in [0, 0.1) is 17.5 Å². The van der Waals surface area contributed by atoms with Crippen LogP contribution >= 0.6 is 0 Å². The van der Waals surface area contributed by atoms with E-state index in [9.17, 15) is 18.0 Å². The van der Waals surface area contributed by atoms with Crippen molar-refractivity contribution < 1.29 is 22.7 Å². The molecule has 0 aliphatic rings. The lowest BCUT2D eigenvalue weighted by Gasteiger charge is -2.09. The van der Waals surface area contributed by atoms with Crippen LogP contribution in [0.25, 0.3) is 0 Å². The van der Waals surface area contributed by atoms with E-state index in [1.54, 1.807) is 0 Å². The zero-order valence-electron chi connectivity index (χ0n) is 10.4. The van der Waals surface area contributed by atoms with Gasteiger partial charge >= 0.3 is 6.03 Å². The standard InChI is InChI=1S/C12H15F3N2O2/c1-2-19-7-3-6-16-12(18)17-9-5-4-8(13)10(14)11(9)15/h4-5H,2-3,6-7H2,1H3,(H2,16,17,18). The number of amides is 2. The number of carbonyl (C=O) groups excluding carboxylic acids is 1. The molecular weight excluding hydrogens is 261 g/mol. The fourth-order valence-corrected chi connectivity index (χ4v) is 1.31. The first-order chi connectivity index (χ1) is 9.06. The van der Waals surface area contributed by atoms with Crippen molar-refractivity contribution >= 4 is 11.7 Å². The number of ether oxygens (including phenoxy) is 1. The lowest BCUT2D eigenvalue weighted by molar-refractivity contribution is 0.145. The Morgan fingerprint density at radius 2 is 2.00 bits per heavy atom. The minimum Gasteiger partial charge on any atom is -0.382 e. The van der Waals surface area contributed by atoms with Crippen molar-refractivity contribution in [3.63, 3.8) is 0 Å². The summed E-state index contributed by atoms with van der Waals surface area (Å²) >= 11 is 0. The van der Waals surface area contributed by atoms with E-state index in [0.29, 0.717) is 26.2 Å². The quantitative estimate of drug-likeness (QED) is 0.620.